The molecule has 2 N–H and O–H groups in total. The van der Waals surface area contributed by atoms with Gasteiger partial charge >= 0.3 is 0 Å². The average molecular weight is 220 g/mol. The quantitative estimate of drug-likeness (QED) is 0.845. The summed E-state index contributed by atoms with van der Waals surface area (Å²) in [6, 6.07) is 6.50. The maximum Gasteiger partial charge on any atom is 0.0413 e. The monoisotopic (exact) mass is 220 g/mol. The Morgan fingerprint density at radius 3 is 2.44 bits per heavy atom. The molecular weight excluding hydrogens is 196 g/mol. The summed E-state index contributed by atoms with van der Waals surface area (Å²) in [6.45, 7) is 9.43. The normalized spacial score (nSPS) is 11.6. The van der Waals surface area contributed by atoms with Crippen molar-refractivity contribution in [3.63, 3.8) is 0 Å². The van der Waals surface area contributed by atoms with Crippen LogP contribution >= 0.6 is 0 Å². The Morgan fingerprint density at radius 1 is 1.31 bits per heavy atom. The molecule has 0 saturated carbocycles. The highest BCUT2D eigenvalue weighted by molar-refractivity contribution is 5.56. The van der Waals surface area contributed by atoms with Gasteiger partial charge in [0.15, 0.2) is 0 Å². The lowest BCUT2D eigenvalue weighted by atomic mass is 9.97. The smallest absolute Gasteiger partial charge is 0.0413 e. The first-order chi connectivity index (χ1) is 7.42. The van der Waals surface area contributed by atoms with E-state index in [4.69, 9.17) is 5.73 Å². The molecule has 0 fully saturated rings. The molecule has 16 heavy (non-hydrogen) atoms. The predicted molar refractivity (Wildman–Crippen MR) is 71.8 cm³/mol. The molecule has 0 aliphatic carbocycles. The van der Waals surface area contributed by atoms with E-state index in [1.807, 2.05) is 0 Å². The van der Waals surface area contributed by atoms with E-state index in [0.29, 0.717) is 6.54 Å². The highest BCUT2D eigenvalue weighted by Crippen LogP contribution is 2.28. The zero-order valence-electron chi connectivity index (χ0n) is 11.2. The molecule has 0 heterocycles. The summed E-state index contributed by atoms with van der Waals surface area (Å²) in [6.07, 6.45) is 1.11. The molecule has 0 amide bonds. The van der Waals surface area contributed by atoms with Gasteiger partial charge in [-0.05, 0) is 38.8 Å². The number of hydrogen-bond acceptors (Lipinski definition) is 2. The average Bonchev–Trinajstić information content (AvgIpc) is 2.27. The van der Waals surface area contributed by atoms with Crippen LogP contribution in [0.1, 0.15) is 38.3 Å². The second-order valence-electron chi connectivity index (χ2n) is 5.06. The van der Waals surface area contributed by atoms with Gasteiger partial charge in [-0.15, -0.1) is 0 Å². The molecule has 1 aromatic carbocycles. The highest BCUT2D eigenvalue weighted by Gasteiger charge is 2.22. The van der Waals surface area contributed by atoms with E-state index in [1.165, 1.54) is 16.8 Å². The number of benzene rings is 1. The van der Waals surface area contributed by atoms with Crippen molar-refractivity contribution in [2.75, 3.05) is 11.9 Å². The van der Waals surface area contributed by atoms with Gasteiger partial charge in [-0.3, -0.25) is 0 Å². The summed E-state index contributed by atoms with van der Waals surface area (Å²) in [5.74, 6) is 0. The van der Waals surface area contributed by atoms with Crippen molar-refractivity contribution in [3.8, 4) is 0 Å². The van der Waals surface area contributed by atoms with E-state index in [0.717, 1.165) is 6.42 Å². The van der Waals surface area contributed by atoms with E-state index in [2.05, 4.69) is 57.8 Å². The molecule has 0 unspecified atom stereocenters. The highest BCUT2D eigenvalue weighted by atomic mass is 15.2. The van der Waals surface area contributed by atoms with Crippen LogP contribution < -0.4 is 10.6 Å². The molecule has 2 nitrogen and oxygen atoms in total. The van der Waals surface area contributed by atoms with Crippen LogP contribution in [0.4, 0.5) is 5.69 Å². The summed E-state index contributed by atoms with van der Waals surface area (Å²) in [5.41, 5.74) is 9.73. The summed E-state index contributed by atoms with van der Waals surface area (Å²) in [7, 11) is 2.15. The largest absolute Gasteiger partial charge is 0.369 e. The van der Waals surface area contributed by atoms with Crippen molar-refractivity contribution in [1.29, 1.82) is 0 Å². The molecule has 0 aliphatic heterocycles. The number of nitrogens with two attached hydrogens (primary N) is 1. The van der Waals surface area contributed by atoms with Crippen LogP contribution in [-0.4, -0.2) is 12.6 Å². The Morgan fingerprint density at radius 2 is 1.94 bits per heavy atom. The van der Waals surface area contributed by atoms with Gasteiger partial charge in [-0.25, -0.2) is 0 Å². The molecule has 0 bridgehead atoms. The van der Waals surface area contributed by atoms with Crippen molar-refractivity contribution in [1.82, 2.24) is 0 Å². The van der Waals surface area contributed by atoms with Crippen molar-refractivity contribution < 1.29 is 0 Å². The standard InChI is InChI=1S/C14H24N2/c1-6-14(3,4)16(5)13-8-7-11(2)9-12(13)10-15/h7-9H,6,10,15H2,1-5H3. The lowest BCUT2D eigenvalue weighted by Gasteiger charge is -2.38. The third-order valence-electron chi connectivity index (χ3n) is 3.59. The molecule has 90 valence electrons. The predicted octanol–water partition coefficient (Wildman–Crippen LogP) is 3.08. The van der Waals surface area contributed by atoms with Crippen LogP contribution in [0, 0.1) is 6.92 Å². The second kappa shape index (κ2) is 4.88. The summed E-state index contributed by atoms with van der Waals surface area (Å²) < 4.78 is 0. The van der Waals surface area contributed by atoms with Gasteiger partial charge in [0.05, 0.1) is 0 Å². The fourth-order valence-corrected chi connectivity index (χ4v) is 1.77. The van der Waals surface area contributed by atoms with E-state index in [9.17, 15) is 0 Å². The van der Waals surface area contributed by atoms with Crippen LogP contribution in [0.15, 0.2) is 18.2 Å². The molecule has 0 aromatic heterocycles. The zero-order valence-corrected chi connectivity index (χ0v) is 11.2. The third kappa shape index (κ3) is 2.56. The van der Waals surface area contributed by atoms with Crippen LogP contribution in [0.5, 0.6) is 0 Å². The first-order valence-electron chi connectivity index (χ1n) is 5.95. The lowest BCUT2D eigenvalue weighted by Crippen LogP contribution is -2.41. The Balaban J connectivity index is 3.13. The number of aryl methyl sites for hydroxylation is 1. The van der Waals surface area contributed by atoms with Gasteiger partial charge in [-0.2, -0.15) is 0 Å². The van der Waals surface area contributed by atoms with E-state index < -0.39 is 0 Å². The molecule has 0 radical (unpaired) electrons. The fraction of sp³-hybridized carbons (Fsp3) is 0.571. The molecule has 0 aliphatic rings. The van der Waals surface area contributed by atoms with Crippen molar-refractivity contribution in [2.45, 2.75) is 46.2 Å². The molecule has 1 rings (SSSR count). The first-order valence-corrected chi connectivity index (χ1v) is 5.95. The summed E-state index contributed by atoms with van der Waals surface area (Å²) in [4.78, 5) is 2.33. The number of nitrogens with zero attached hydrogens (tertiary/aromatic N) is 1. The van der Waals surface area contributed by atoms with E-state index >= 15 is 0 Å². The maximum atomic E-state index is 5.82. The molecule has 0 spiro atoms. The minimum Gasteiger partial charge on any atom is -0.369 e. The van der Waals surface area contributed by atoms with E-state index in [-0.39, 0.29) is 5.54 Å². The molecule has 0 atom stereocenters. The number of rotatable bonds is 4. The van der Waals surface area contributed by atoms with Crippen LogP contribution in [0.3, 0.4) is 0 Å². The van der Waals surface area contributed by atoms with Crippen molar-refractivity contribution in [2.24, 2.45) is 5.73 Å². The van der Waals surface area contributed by atoms with Crippen LogP contribution in [0.2, 0.25) is 0 Å². The van der Waals surface area contributed by atoms with Crippen molar-refractivity contribution in [3.05, 3.63) is 29.3 Å². The summed E-state index contributed by atoms with van der Waals surface area (Å²) in [5, 5.41) is 0. The van der Waals surface area contributed by atoms with Gasteiger partial charge in [0, 0.05) is 24.8 Å². The first kappa shape index (κ1) is 13.0. The van der Waals surface area contributed by atoms with Gasteiger partial charge < -0.3 is 10.6 Å². The Hall–Kier alpha value is -1.02. The van der Waals surface area contributed by atoms with Crippen molar-refractivity contribution >= 4 is 5.69 Å². The summed E-state index contributed by atoms with van der Waals surface area (Å²) >= 11 is 0. The van der Waals surface area contributed by atoms with Gasteiger partial charge in [-0.1, -0.05) is 24.6 Å². The number of hydrogen-bond donors (Lipinski definition) is 1. The van der Waals surface area contributed by atoms with E-state index in [1.54, 1.807) is 0 Å². The van der Waals surface area contributed by atoms with Gasteiger partial charge in [0.1, 0.15) is 0 Å². The van der Waals surface area contributed by atoms with Gasteiger partial charge in [0.2, 0.25) is 0 Å². The Bertz CT molecular complexity index is 356. The third-order valence-corrected chi connectivity index (χ3v) is 3.59. The number of anilines is 1. The lowest BCUT2D eigenvalue weighted by molar-refractivity contribution is 0.469. The zero-order chi connectivity index (χ0) is 12.3. The topological polar surface area (TPSA) is 29.3 Å². The molecule has 1 aromatic rings. The Labute approximate surface area is 99.5 Å². The van der Waals surface area contributed by atoms with Gasteiger partial charge in [0.25, 0.3) is 0 Å². The van der Waals surface area contributed by atoms with Crippen LogP contribution in [0.25, 0.3) is 0 Å². The second-order valence-corrected chi connectivity index (χ2v) is 5.06. The minimum atomic E-state index is 0.166. The Kier molecular flexibility index (Phi) is 3.98. The minimum absolute atomic E-state index is 0.166. The SMILES string of the molecule is CCC(C)(C)N(C)c1ccc(C)cc1CN. The maximum absolute atomic E-state index is 5.82. The molecule has 0 saturated heterocycles. The molecular formula is C14H24N2. The van der Waals surface area contributed by atoms with Crippen LogP contribution in [-0.2, 0) is 6.54 Å². The fourth-order valence-electron chi connectivity index (χ4n) is 1.77. The molecule has 2 heteroatoms.